The number of hydrogen-bond donors (Lipinski definition) is 2. The van der Waals surface area contributed by atoms with Crippen molar-refractivity contribution in [2.75, 3.05) is 36.5 Å². The number of fused-ring (bicyclic) bond motifs is 2. The van der Waals surface area contributed by atoms with Crippen LogP contribution in [0.2, 0.25) is 0 Å². The summed E-state index contributed by atoms with van der Waals surface area (Å²) in [5, 5.41) is 11.1. The first-order chi connectivity index (χ1) is 17.2. The van der Waals surface area contributed by atoms with Crippen molar-refractivity contribution in [1.82, 2.24) is 20.2 Å². The summed E-state index contributed by atoms with van der Waals surface area (Å²) in [5.74, 6) is 1.37. The molecule has 0 radical (unpaired) electrons. The van der Waals surface area contributed by atoms with Crippen molar-refractivity contribution in [2.24, 2.45) is 0 Å². The van der Waals surface area contributed by atoms with Gasteiger partial charge in [-0.1, -0.05) is 30.3 Å². The van der Waals surface area contributed by atoms with Crippen LogP contribution in [0.3, 0.4) is 0 Å². The molecule has 1 fully saturated rings. The fourth-order valence-electron chi connectivity index (χ4n) is 4.15. The number of thiophene rings is 1. The van der Waals surface area contributed by atoms with Gasteiger partial charge in [0.25, 0.3) is 0 Å². The van der Waals surface area contributed by atoms with E-state index < -0.39 is 0 Å². The highest BCUT2D eigenvalue weighted by molar-refractivity contribution is 7.20. The molecule has 35 heavy (non-hydrogen) atoms. The summed E-state index contributed by atoms with van der Waals surface area (Å²) in [6, 6.07) is 17.4. The molecule has 0 bridgehead atoms. The Morgan fingerprint density at radius 3 is 2.80 bits per heavy atom. The number of carbonyl (C=O) groups is 1. The number of morpholine rings is 1. The standard InChI is InChI=1S/C26H22N6O2S/c33-23(28-17-5-2-1-3-6-17)10-9-18-15-22-24(35-18)26(32-11-13-34-14-12-32)30-25(29-22)19-7-4-8-21-20(19)16-27-31-21/h1-10,15-16H,11-14H2,(H,27,31)(H,28,33)/b10-9+. The van der Waals surface area contributed by atoms with E-state index in [9.17, 15) is 4.79 Å². The molecule has 1 saturated heterocycles. The molecule has 0 saturated carbocycles. The van der Waals surface area contributed by atoms with E-state index in [0.29, 0.717) is 19.0 Å². The van der Waals surface area contributed by atoms with Gasteiger partial charge in [0.1, 0.15) is 0 Å². The summed E-state index contributed by atoms with van der Waals surface area (Å²) in [4.78, 5) is 25.5. The number of hydrogen-bond acceptors (Lipinski definition) is 7. The average molecular weight is 483 g/mol. The smallest absolute Gasteiger partial charge is 0.248 e. The van der Waals surface area contributed by atoms with Gasteiger partial charge in [-0.15, -0.1) is 11.3 Å². The van der Waals surface area contributed by atoms with Gasteiger partial charge >= 0.3 is 0 Å². The number of benzene rings is 2. The van der Waals surface area contributed by atoms with E-state index in [2.05, 4.69) is 20.4 Å². The molecule has 3 aromatic heterocycles. The number of rotatable bonds is 5. The van der Waals surface area contributed by atoms with Crippen LogP contribution in [0.5, 0.6) is 0 Å². The number of para-hydroxylation sites is 1. The fourth-order valence-corrected chi connectivity index (χ4v) is 5.17. The number of ether oxygens (including phenoxy) is 1. The summed E-state index contributed by atoms with van der Waals surface area (Å²) in [5.41, 5.74) is 3.48. The van der Waals surface area contributed by atoms with Crippen LogP contribution in [-0.4, -0.2) is 52.4 Å². The van der Waals surface area contributed by atoms with Crippen LogP contribution in [0.1, 0.15) is 4.88 Å². The maximum Gasteiger partial charge on any atom is 0.248 e. The lowest BCUT2D eigenvalue weighted by atomic mass is 10.1. The van der Waals surface area contributed by atoms with Crippen molar-refractivity contribution in [3.05, 3.63) is 71.7 Å². The fraction of sp³-hybridized carbons (Fsp3) is 0.154. The number of H-pyrrole nitrogens is 1. The largest absolute Gasteiger partial charge is 0.378 e. The Labute approximate surface area is 205 Å². The van der Waals surface area contributed by atoms with E-state index in [-0.39, 0.29) is 5.91 Å². The van der Waals surface area contributed by atoms with Crippen LogP contribution < -0.4 is 10.2 Å². The van der Waals surface area contributed by atoms with Crippen molar-refractivity contribution in [1.29, 1.82) is 0 Å². The maximum atomic E-state index is 12.4. The van der Waals surface area contributed by atoms with Crippen LogP contribution in [0.25, 0.3) is 38.6 Å². The third-order valence-electron chi connectivity index (χ3n) is 5.85. The van der Waals surface area contributed by atoms with E-state index in [4.69, 9.17) is 14.7 Å². The van der Waals surface area contributed by atoms with E-state index >= 15 is 0 Å². The van der Waals surface area contributed by atoms with Gasteiger partial charge in [0, 0.05) is 40.7 Å². The summed E-state index contributed by atoms with van der Waals surface area (Å²) < 4.78 is 6.56. The van der Waals surface area contributed by atoms with Gasteiger partial charge in [-0.05, 0) is 30.3 Å². The Bertz CT molecular complexity index is 1540. The molecule has 5 aromatic rings. The molecular weight excluding hydrogens is 460 g/mol. The van der Waals surface area contributed by atoms with Crippen molar-refractivity contribution in [2.45, 2.75) is 0 Å². The molecule has 0 aliphatic carbocycles. The van der Waals surface area contributed by atoms with Gasteiger partial charge < -0.3 is 15.0 Å². The number of aromatic nitrogens is 4. The van der Waals surface area contributed by atoms with E-state index in [1.165, 1.54) is 0 Å². The number of amides is 1. The average Bonchev–Trinajstić information content (AvgIpc) is 3.55. The van der Waals surface area contributed by atoms with E-state index in [1.807, 2.05) is 60.7 Å². The predicted octanol–water partition coefficient (Wildman–Crippen LogP) is 4.72. The zero-order chi connectivity index (χ0) is 23.6. The lowest BCUT2D eigenvalue weighted by molar-refractivity contribution is -0.111. The molecule has 4 heterocycles. The highest BCUT2D eigenvalue weighted by atomic mass is 32.1. The summed E-state index contributed by atoms with van der Waals surface area (Å²) >= 11 is 1.58. The second-order valence-electron chi connectivity index (χ2n) is 8.16. The van der Waals surface area contributed by atoms with Crippen molar-refractivity contribution < 1.29 is 9.53 Å². The van der Waals surface area contributed by atoms with Crippen molar-refractivity contribution in [3.63, 3.8) is 0 Å². The summed E-state index contributed by atoms with van der Waals surface area (Å²) in [7, 11) is 0. The second-order valence-corrected chi connectivity index (χ2v) is 9.24. The van der Waals surface area contributed by atoms with Crippen molar-refractivity contribution in [3.8, 4) is 11.4 Å². The Balaban J connectivity index is 1.39. The molecular formula is C26H22N6O2S. The third kappa shape index (κ3) is 4.39. The Hall–Kier alpha value is -4.08. The van der Waals surface area contributed by atoms with Gasteiger partial charge in [0.05, 0.1) is 35.1 Å². The topological polar surface area (TPSA) is 96.0 Å². The van der Waals surface area contributed by atoms with Crippen LogP contribution in [-0.2, 0) is 9.53 Å². The highest BCUT2D eigenvalue weighted by Crippen LogP contribution is 2.36. The Morgan fingerprint density at radius 1 is 1.09 bits per heavy atom. The molecule has 0 atom stereocenters. The number of nitrogens with one attached hydrogen (secondary N) is 2. The van der Waals surface area contributed by atoms with E-state index in [1.54, 1.807) is 23.6 Å². The molecule has 2 N–H and O–H groups in total. The third-order valence-corrected chi connectivity index (χ3v) is 6.93. The monoisotopic (exact) mass is 482 g/mol. The first-order valence-electron chi connectivity index (χ1n) is 11.4. The highest BCUT2D eigenvalue weighted by Gasteiger charge is 2.20. The zero-order valence-corrected chi connectivity index (χ0v) is 19.6. The Kier molecular flexibility index (Phi) is 5.69. The molecule has 0 spiro atoms. The maximum absolute atomic E-state index is 12.4. The molecule has 1 aliphatic heterocycles. The lowest BCUT2D eigenvalue weighted by Gasteiger charge is -2.28. The molecule has 6 rings (SSSR count). The predicted molar refractivity (Wildman–Crippen MR) is 140 cm³/mol. The van der Waals surface area contributed by atoms with Gasteiger partial charge in [0.2, 0.25) is 5.91 Å². The quantitative estimate of drug-likeness (QED) is 0.352. The van der Waals surface area contributed by atoms with Gasteiger partial charge in [-0.25, -0.2) is 9.97 Å². The Morgan fingerprint density at radius 2 is 1.94 bits per heavy atom. The first-order valence-corrected chi connectivity index (χ1v) is 12.2. The number of carbonyl (C=O) groups excluding carboxylic acids is 1. The van der Waals surface area contributed by atoms with Gasteiger partial charge in [-0.3, -0.25) is 9.89 Å². The molecule has 8 nitrogen and oxygen atoms in total. The zero-order valence-electron chi connectivity index (χ0n) is 18.8. The SMILES string of the molecule is O=C(/C=C/c1cc2nc(-c3cccc4[nH]ncc34)nc(N3CCOCC3)c2s1)Nc1ccccc1. The molecule has 174 valence electrons. The molecule has 1 aliphatic rings. The number of nitrogens with zero attached hydrogens (tertiary/aromatic N) is 4. The lowest BCUT2D eigenvalue weighted by Crippen LogP contribution is -2.36. The van der Waals surface area contributed by atoms with Crippen LogP contribution >= 0.6 is 11.3 Å². The minimum Gasteiger partial charge on any atom is -0.378 e. The van der Waals surface area contributed by atoms with Gasteiger partial charge in [0.15, 0.2) is 11.6 Å². The second kappa shape index (κ2) is 9.28. The normalized spacial score (nSPS) is 14.2. The van der Waals surface area contributed by atoms with Crippen LogP contribution in [0.15, 0.2) is 66.9 Å². The molecule has 9 heteroatoms. The minimum absolute atomic E-state index is 0.180. The summed E-state index contributed by atoms with van der Waals surface area (Å²) in [6.45, 7) is 2.86. The minimum atomic E-state index is -0.180. The van der Waals surface area contributed by atoms with Crippen molar-refractivity contribution >= 4 is 55.9 Å². The molecule has 0 unspecified atom stereocenters. The van der Waals surface area contributed by atoms with Gasteiger partial charge in [-0.2, -0.15) is 5.10 Å². The molecule has 1 amide bonds. The number of aromatic amines is 1. The first kappa shape index (κ1) is 21.5. The summed E-state index contributed by atoms with van der Waals surface area (Å²) in [6.07, 6.45) is 5.18. The van der Waals surface area contributed by atoms with Crippen LogP contribution in [0, 0.1) is 0 Å². The van der Waals surface area contributed by atoms with E-state index in [0.717, 1.165) is 56.2 Å². The van der Waals surface area contributed by atoms with Crippen LogP contribution in [0.4, 0.5) is 11.5 Å². The molecule has 2 aromatic carbocycles. The number of anilines is 2.